The lowest BCUT2D eigenvalue weighted by Gasteiger charge is -2.35. The van der Waals surface area contributed by atoms with Gasteiger partial charge in [0, 0.05) is 32.7 Å². The first-order valence-corrected chi connectivity index (χ1v) is 8.69. The summed E-state index contributed by atoms with van der Waals surface area (Å²) in [6.07, 6.45) is 3.87. The van der Waals surface area contributed by atoms with Gasteiger partial charge in [-0.25, -0.2) is 0 Å². The molecule has 1 aromatic rings. The van der Waals surface area contributed by atoms with E-state index in [-0.39, 0.29) is 30.1 Å². The lowest BCUT2D eigenvalue weighted by Crippen LogP contribution is -2.51. The average molecular weight is 444 g/mol. The van der Waals surface area contributed by atoms with Crippen molar-refractivity contribution in [2.75, 3.05) is 39.8 Å². The number of fused-ring (bicyclic) bond motifs is 1. The Morgan fingerprint density at radius 3 is 2.92 bits per heavy atom. The van der Waals surface area contributed by atoms with Crippen LogP contribution in [-0.4, -0.2) is 62.8 Å². The topological polar surface area (TPSA) is 48.9 Å². The molecule has 2 aliphatic rings. The Kier molecular flexibility index (Phi) is 8.28. The van der Waals surface area contributed by atoms with Crippen molar-refractivity contribution >= 4 is 29.9 Å². The van der Waals surface area contributed by atoms with Crippen molar-refractivity contribution in [1.29, 1.82) is 0 Å². The number of morpholine rings is 1. The van der Waals surface area contributed by atoms with Gasteiger partial charge in [-0.3, -0.25) is 9.89 Å². The van der Waals surface area contributed by atoms with Gasteiger partial charge in [-0.15, -0.1) is 24.0 Å². The van der Waals surface area contributed by atoms with Crippen LogP contribution >= 0.6 is 24.0 Å². The summed E-state index contributed by atoms with van der Waals surface area (Å²) in [4.78, 5) is 6.87. The zero-order valence-corrected chi connectivity index (χ0v) is 16.7. The molecular formula is C18H29IN4O. The highest BCUT2D eigenvalue weighted by Gasteiger charge is 2.31. The Hall–Kier alpha value is -0.860. The van der Waals surface area contributed by atoms with E-state index in [1.807, 2.05) is 13.1 Å². The Morgan fingerprint density at radius 2 is 2.12 bits per heavy atom. The van der Waals surface area contributed by atoms with Crippen LogP contribution in [0.2, 0.25) is 0 Å². The van der Waals surface area contributed by atoms with E-state index in [2.05, 4.69) is 44.8 Å². The monoisotopic (exact) mass is 444 g/mol. The number of aliphatic imine (C=N–C) groups is 1. The van der Waals surface area contributed by atoms with Gasteiger partial charge in [-0.2, -0.15) is 0 Å². The molecule has 2 N–H and O–H groups in total. The van der Waals surface area contributed by atoms with Crippen LogP contribution in [-0.2, 0) is 11.2 Å². The predicted octanol–water partition coefficient (Wildman–Crippen LogP) is 1.88. The molecular weight excluding hydrogens is 415 g/mol. The minimum atomic E-state index is 0. The maximum Gasteiger partial charge on any atom is 0.191 e. The van der Waals surface area contributed by atoms with E-state index in [0.29, 0.717) is 6.04 Å². The van der Waals surface area contributed by atoms with Crippen molar-refractivity contribution in [1.82, 2.24) is 15.5 Å². The molecule has 2 unspecified atom stereocenters. The van der Waals surface area contributed by atoms with Crippen LogP contribution in [0.25, 0.3) is 0 Å². The average Bonchev–Trinajstić information content (AvgIpc) is 3.06. The Balaban J connectivity index is 0.00000208. The number of nitrogens with zero attached hydrogens (tertiary/aromatic N) is 2. The van der Waals surface area contributed by atoms with Gasteiger partial charge in [-0.05, 0) is 31.4 Å². The van der Waals surface area contributed by atoms with Gasteiger partial charge in [0.1, 0.15) is 0 Å². The molecule has 1 aromatic carbocycles. The molecule has 0 radical (unpaired) electrons. The molecule has 2 aliphatic heterocycles. The third-order valence-electron chi connectivity index (χ3n) is 4.73. The molecule has 2 heterocycles. The molecule has 2 atom stereocenters. The third-order valence-corrected chi connectivity index (χ3v) is 4.73. The number of hydrogen-bond acceptors (Lipinski definition) is 3. The van der Waals surface area contributed by atoms with E-state index < -0.39 is 0 Å². The summed E-state index contributed by atoms with van der Waals surface area (Å²) in [7, 11) is 1.82. The molecule has 2 fully saturated rings. The van der Waals surface area contributed by atoms with Crippen LogP contribution in [0.3, 0.4) is 0 Å². The quantitative estimate of drug-likeness (QED) is 0.414. The first-order valence-electron chi connectivity index (χ1n) is 8.69. The molecule has 0 aromatic heterocycles. The number of nitrogens with one attached hydrogen (secondary N) is 2. The smallest absolute Gasteiger partial charge is 0.191 e. The highest BCUT2D eigenvalue weighted by atomic mass is 127. The summed E-state index contributed by atoms with van der Waals surface area (Å²) < 4.78 is 5.97. The summed E-state index contributed by atoms with van der Waals surface area (Å²) in [5.74, 6) is 0.855. The first-order chi connectivity index (χ1) is 11.3. The minimum absolute atomic E-state index is 0. The molecule has 0 saturated carbocycles. The number of halogens is 1. The molecule has 0 bridgehead atoms. The number of hydrogen-bond donors (Lipinski definition) is 2. The summed E-state index contributed by atoms with van der Waals surface area (Å²) in [5.41, 5.74) is 1.34. The molecule has 0 amide bonds. The molecule has 134 valence electrons. The SMILES string of the molecule is CN=C(NCCc1ccccc1)NCC1CN2CCCC2CO1.I. The predicted molar refractivity (Wildman–Crippen MR) is 109 cm³/mol. The second-order valence-electron chi connectivity index (χ2n) is 6.36. The molecule has 2 saturated heterocycles. The van der Waals surface area contributed by atoms with E-state index in [0.717, 1.165) is 38.6 Å². The van der Waals surface area contributed by atoms with Crippen LogP contribution in [0, 0.1) is 0 Å². The van der Waals surface area contributed by atoms with Gasteiger partial charge < -0.3 is 15.4 Å². The highest BCUT2D eigenvalue weighted by molar-refractivity contribution is 14.0. The van der Waals surface area contributed by atoms with Gasteiger partial charge in [0.25, 0.3) is 0 Å². The Bertz CT molecular complexity index is 511. The fourth-order valence-electron chi connectivity index (χ4n) is 3.41. The van der Waals surface area contributed by atoms with Crippen LogP contribution in [0.1, 0.15) is 18.4 Å². The molecule has 24 heavy (non-hydrogen) atoms. The summed E-state index contributed by atoms with van der Waals surface area (Å²) in [5, 5.41) is 6.77. The second kappa shape index (κ2) is 10.2. The summed E-state index contributed by atoms with van der Waals surface area (Å²) >= 11 is 0. The van der Waals surface area contributed by atoms with E-state index >= 15 is 0 Å². The van der Waals surface area contributed by atoms with Gasteiger partial charge in [0.2, 0.25) is 0 Å². The van der Waals surface area contributed by atoms with Crippen LogP contribution in [0.5, 0.6) is 0 Å². The van der Waals surface area contributed by atoms with E-state index in [9.17, 15) is 0 Å². The number of rotatable bonds is 5. The highest BCUT2D eigenvalue weighted by Crippen LogP contribution is 2.22. The fourth-order valence-corrected chi connectivity index (χ4v) is 3.41. The largest absolute Gasteiger partial charge is 0.373 e. The van der Waals surface area contributed by atoms with Crippen molar-refractivity contribution in [2.24, 2.45) is 4.99 Å². The number of ether oxygens (including phenoxy) is 1. The fraction of sp³-hybridized carbons (Fsp3) is 0.611. The lowest BCUT2D eigenvalue weighted by atomic mass is 10.1. The normalized spacial score (nSPS) is 24.1. The van der Waals surface area contributed by atoms with Gasteiger partial charge in [0.05, 0.1) is 12.7 Å². The van der Waals surface area contributed by atoms with Crippen LogP contribution in [0.4, 0.5) is 0 Å². The lowest BCUT2D eigenvalue weighted by molar-refractivity contribution is -0.0453. The standard InChI is InChI=1S/C18H28N4O.HI/c1-19-18(20-10-9-15-6-3-2-4-7-15)21-12-17-13-22-11-5-8-16(22)14-23-17;/h2-4,6-7,16-17H,5,8-14H2,1H3,(H2,19,20,21);1H. The van der Waals surface area contributed by atoms with Crippen LogP contribution < -0.4 is 10.6 Å². The number of benzene rings is 1. The molecule has 0 spiro atoms. The maximum absolute atomic E-state index is 5.97. The van der Waals surface area contributed by atoms with E-state index in [1.165, 1.54) is 24.9 Å². The van der Waals surface area contributed by atoms with Gasteiger partial charge >= 0.3 is 0 Å². The summed E-state index contributed by atoms with van der Waals surface area (Å²) in [6, 6.07) is 11.2. The van der Waals surface area contributed by atoms with Crippen molar-refractivity contribution in [3.8, 4) is 0 Å². The Morgan fingerprint density at radius 1 is 1.29 bits per heavy atom. The summed E-state index contributed by atoms with van der Waals surface area (Å²) in [6.45, 7) is 4.84. The van der Waals surface area contributed by atoms with Crippen molar-refractivity contribution in [3.63, 3.8) is 0 Å². The zero-order chi connectivity index (χ0) is 15.9. The molecule has 0 aliphatic carbocycles. The second-order valence-corrected chi connectivity index (χ2v) is 6.36. The van der Waals surface area contributed by atoms with Crippen molar-refractivity contribution < 1.29 is 4.74 Å². The van der Waals surface area contributed by atoms with E-state index in [1.54, 1.807) is 0 Å². The first kappa shape index (κ1) is 19.5. The molecule has 6 heteroatoms. The molecule has 5 nitrogen and oxygen atoms in total. The van der Waals surface area contributed by atoms with Crippen molar-refractivity contribution in [2.45, 2.75) is 31.4 Å². The van der Waals surface area contributed by atoms with E-state index in [4.69, 9.17) is 4.74 Å². The zero-order valence-electron chi connectivity index (χ0n) is 14.4. The Labute approximate surface area is 162 Å². The van der Waals surface area contributed by atoms with Crippen LogP contribution in [0.15, 0.2) is 35.3 Å². The molecule has 3 rings (SSSR count). The third kappa shape index (κ3) is 5.60. The van der Waals surface area contributed by atoms with Crippen molar-refractivity contribution in [3.05, 3.63) is 35.9 Å². The number of guanidine groups is 1. The van der Waals surface area contributed by atoms with Gasteiger partial charge in [-0.1, -0.05) is 30.3 Å². The maximum atomic E-state index is 5.97. The minimum Gasteiger partial charge on any atom is -0.373 e. The van der Waals surface area contributed by atoms with Gasteiger partial charge in [0.15, 0.2) is 5.96 Å².